The number of carbonyl (C=O) groups excluding carboxylic acids is 1. The van der Waals surface area contributed by atoms with Gasteiger partial charge in [0, 0.05) is 12.8 Å². The number of halogens is 1. The molecule has 1 aromatic heterocycles. The minimum Gasteiger partial charge on any atom is -0.445 e. The molecule has 0 aliphatic heterocycles. The molecule has 1 heterocycles. The normalized spacial score (nSPS) is 11.7. The highest BCUT2D eigenvalue weighted by molar-refractivity contribution is 6.29. The van der Waals surface area contributed by atoms with Crippen LogP contribution in [-0.4, -0.2) is 22.8 Å². The number of ether oxygens (including phenoxy) is 1. The summed E-state index contributed by atoms with van der Waals surface area (Å²) < 4.78 is 5.17. The van der Waals surface area contributed by atoms with Crippen molar-refractivity contribution in [3.8, 4) is 0 Å². The molecule has 0 unspecified atom stereocenters. The first-order chi connectivity index (χ1) is 10.7. The Balaban J connectivity index is 1.92. The molecular formula is C16H17ClN2O3. The number of pyridine rings is 1. The molecule has 116 valence electrons. The van der Waals surface area contributed by atoms with E-state index in [1.807, 2.05) is 30.3 Å². The molecule has 2 aromatic rings. The van der Waals surface area contributed by atoms with Crippen molar-refractivity contribution in [2.75, 3.05) is 6.61 Å². The van der Waals surface area contributed by atoms with Crippen LogP contribution in [0.5, 0.6) is 0 Å². The second kappa shape index (κ2) is 8.36. The van der Waals surface area contributed by atoms with E-state index in [1.54, 1.807) is 18.3 Å². The predicted octanol–water partition coefficient (Wildman–Crippen LogP) is 3.08. The number of rotatable bonds is 6. The number of nitrogens with one attached hydrogen (secondary N) is 1. The smallest absolute Gasteiger partial charge is 0.407 e. The molecule has 5 nitrogen and oxygen atoms in total. The molecule has 0 saturated heterocycles. The second-order valence-electron chi connectivity index (χ2n) is 4.69. The Morgan fingerprint density at radius 3 is 2.68 bits per heavy atom. The summed E-state index contributed by atoms with van der Waals surface area (Å²) in [6.45, 7) is 0.129. The summed E-state index contributed by atoms with van der Waals surface area (Å²) in [5.41, 5.74) is 1.67. The monoisotopic (exact) mass is 320 g/mol. The predicted molar refractivity (Wildman–Crippen MR) is 83.5 cm³/mol. The summed E-state index contributed by atoms with van der Waals surface area (Å²) in [4.78, 5) is 15.9. The molecule has 0 spiro atoms. The lowest BCUT2D eigenvalue weighted by atomic mass is 10.1. The zero-order valence-electron chi connectivity index (χ0n) is 11.9. The van der Waals surface area contributed by atoms with Crippen LogP contribution in [0.1, 0.15) is 23.6 Å². The van der Waals surface area contributed by atoms with Crippen LogP contribution in [0.4, 0.5) is 4.79 Å². The van der Waals surface area contributed by atoms with Crippen molar-refractivity contribution in [2.24, 2.45) is 0 Å². The fourth-order valence-corrected chi connectivity index (χ4v) is 2.06. The highest BCUT2D eigenvalue weighted by Gasteiger charge is 2.15. The van der Waals surface area contributed by atoms with E-state index < -0.39 is 6.09 Å². The third-order valence-electron chi connectivity index (χ3n) is 3.08. The van der Waals surface area contributed by atoms with Gasteiger partial charge in [-0.05, 0) is 23.6 Å². The largest absolute Gasteiger partial charge is 0.445 e. The molecule has 0 saturated carbocycles. The fraction of sp³-hybridized carbons (Fsp3) is 0.250. The van der Waals surface area contributed by atoms with Gasteiger partial charge in [0.2, 0.25) is 0 Å². The fourth-order valence-electron chi connectivity index (χ4n) is 1.95. The van der Waals surface area contributed by atoms with Gasteiger partial charge in [0.15, 0.2) is 0 Å². The summed E-state index contributed by atoms with van der Waals surface area (Å²) in [6, 6.07) is 12.4. The molecule has 2 N–H and O–H groups in total. The van der Waals surface area contributed by atoms with Gasteiger partial charge in [0.1, 0.15) is 11.8 Å². The Bertz CT molecular complexity index is 590. The van der Waals surface area contributed by atoms with Crippen molar-refractivity contribution in [2.45, 2.75) is 19.1 Å². The topological polar surface area (TPSA) is 71.5 Å². The Kier molecular flexibility index (Phi) is 6.18. The van der Waals surface area contributed by atoms with Crippen LogP contribution >= 0.6 is 11.6 Å². The molecule has 1 amide bonds. The van der Waals surface area contributed by atoms with Gasteiger partial charge in [-0.25, -0.2) is 9.78 Å². The van der Waals surface area contributed by atoms with Gasteiger partial charge in [-0.2, -0.15) is 0 Å². The van der Waals surface area contributed by atoms with E-state index in [1.165, 1.54) is 0 Å². The highest BCUT2D eigenvalue weighted by Crippen LogP contribution is 2.17. The lowest BCUT2D eigenvalue weighted by Gasteiger charge is -2.17. The van der Waals surface area contributed by atoms with Crippen molar-refractivity contribution in [1.82, 2.24) is 10.3 Å². The first-order valence-corrected chi connectivity index (χ1v) is 7.26. The number of aliphatic hydroxyl groups excluding tert-OH is 1. The first-order valence-electron chi connectivity index (χ1n) is 6.88. The van der Waals surface area contributed by atoms with Gasteiger partial charge in [-0.1, -0.05) is 48.0 Å². The van der Waals surface area contributed by atoms with Crippen molar-refractivity contribution < 1.29 is 14.6 Å². The standard InChI is InChI=1S/C16H17ClN2O3/c17-15-7-6-13(10-18-15)14(8-9-20)19-16(21)22-11-12-4-2-1-3-5-12/h1-7,10,14,20H,8-9,11H2,(H,19,21)/t14-/m1/s1. The molecule has 1 aromatic carbocycles. The molecule has 0 aliphatic rings. The zero-order valence-corrected chi connectivity index (χ0v) is 12.7. The van der Waals surface area contributed by atoms with Crippen LogP contribution in [0.15, 0.2) is 48.7 Å². The molecular weight excluding hydrogens is 304 g/mol. The number of carbonyl (C=O) groups is 1. The number of hydrogen-bond acceptors (Lipinski definition) is 4. The number of aliphatic hydroxyl groups is 1. The molecule has 0 aliphatic carbocycles. The van der Waals surface area contributed by atoms with E-state index in [9.17, 15) is 4.79 Å². The van der Waals surface area contributed by atoms with Crippen molar-refractivity contribution in [3.05, 3.63) is 64.9 Å². The minimum absolute atomic E-state index is 0.0632. The quantitative estimate of drug-likeness (QED) is 0.802. The average molecular weight is 321 g/mol. The Labute approximate surface area is 133 Å². The third kappa shape index (κ3) is 5.02. The summed E-state index contributed by atoms with van der Waals surface area (Å²) in [5, 5.41) is 12.2. The molecule has 0 bridgehead atoms. The van der Waals surface area contributed by atoms with Gasteiger partial charge >= 0.3 is 6.09 Å². The van der Waals surface area contributed by atoms with Crippen molar-refractivity contribution >= 4 is 17.7 Å². The van der Waals surface area contributed by atoms with Crippen LogP contribution < -0.4 is 5.32 Å². The maximum atomic E-state index is 11.9. The molecule has 6 heteroatoms. The summed E-state index contributed by atoms with van der Waals surface area (Å²) in [7, 11) is 0. The van der Waals surface area contributed by atoms with E-state index in [-0.39, 0.29) is 19.3 Å². The van der Waals surface area contributed by atoms with E-state index in [4.69, 9.17) is 21.4 Å². The van der Waals surface area contributed by atoms with Gasteiger partial charge < -0.3 is 15.2 Å². The minimum atomic E-state index is -0.544. The van der Waals surface area contributed by atoms with E-state index >= 15 is 0 Å². The van der Waals surface area contributed by atoms with Crippen LogP contribution in [0.2, 0.25) is 5.15 Å². The van der Waals surface area contributed by atoms with E-state index in [0.717, 1.165) is 11.1 Å². The number of nitrogens with zero attached hydrogens (tertiary/aromatic N) is 1. The molecule has 0 radical (unpaired) electrons. The number of amides is 1. The third-order valence-corrected chi connectivity index (χ3v) is 3.30. The molecule has 1 atom stereocenters. The molecule has 22 heavy (non-hydrogen) atoms. The van der Waals surface area contributed by atoms with Crippen LogP contribution in [0.25, 0.3) is 0 Å². The van der Waals surface area contributed by atoms with Gasteiger partial charge in [0.25, 0.3) is 0 Å². The summed E-state index contributed by atoms with van der Waals surface area (Å²) in [5.74, 6) is 0. The SMILES string of the molecule is O=C(N[C@H](CCO)c1ccc(Cl)nc1)OCc1ccccc1. The Hall–Kier alpha value is -2.11. The van der Waals surface area contributed by atoms with Gasteiger partial charge in [0.05, 0.1) is 6.04 Å². The van der Waals surface area contributed by atoms with Gasteiger partial charge in [-0.15, -0.1) is 0 Å². The Morgan fingerprint density at radius 1 is 1.27 bits per heavy atom. The summed E-state index contributed by atoms with van der Waals surface area (Å²) in [6.07, 6.45) is 1.39. The number of benzene rings is 1. The van der Waals surface area contributed by atoms with Crippen LogP contribution in [0, 0.1) is 0 Å². The number of alkyl carbamates (subject to hydrolysis) is 1. The van der Waals surface area contributed by atoms with Crippen molar-refractivity contribution in [1.29, 1.82) is 0 Å². The van der Waals surface area contributed by atoms with E-state index in [2.05, 4.69) is 10.3 Å². The van der Waals surface area contributed by atoms with Gasteiger partial charge in [-0.3, -0.25) is 0 Å². The zero-order chi connectivity index (χ0) is 15.8. The maximum absolute atomic E-state index is 11.9. The maximum Gasteiger partial charge on any atom is 0.407 e. The lowest BCUT2D eigenvalue weighted by molar-refractivity contribution is 0.133. The van der Waals surface area contributed by atoms with Crippen LogP contribution in [-0.2, 0) is 11.3 Å². The average Bonchev–Trinajstić information content (AvgIpc) is 2.54. The van der Waals surface area contributed by atoms with E-state index in [0.29, 0.717) is 11.6 Å². The van der Waals surface area contributed by atoms with Crippen LogP contribution in [0.3, 0.4) is 0 Å². The van der Waals surface area contributed by atoms with Crippen molar-refractivity contribution in [3.63, 3.8) is 0 Å². The molecule has 2 rings (SSSR count). The first kappa shape index (κ1) is 16.3. The second-order valence-corrected chi connectivity index (χ2v) is 5.07. The lowest BCUT2D eigenvalue weighted by Crippen LogP contribution is -2.29. The number of aromatic nitrogens is 1. The highest BCUT2D eigenvalue weighted by atomic mass is 35.5. The summed E-state index contributed by atoms with van der Waals surface area (Å²) >= 11 is 5.74. The number of hydrogen-bond donors (Lipinski definition) is 2. The molecule has 0 fully saturated rings. The Morgan fingerprint density at radius 2 is 2.05 bits per heavy atom.